The summed E-state index contributed by atoms with van der Waals surface area (Å²) in [5.41, 5.74) is 9.56. The molecule has 0 saturated heterocycles. The van der Waals surface area contributed by atoms with Crippen molar-refractivity contribution in [3.05, 3.63) is 65.4 Å². The molecule has 0 bridgehead atoms. The minimum atomic E-state index is -0.421. The van der Waals surface area contributed by atoms with E-state index in [1.54, 1.807) is 0 Å². The summed E-state index contributed by atoms with van der Waals surface area (Å²) in [7, 11) is 0. The zero-order valence-corrected chi connectivity index (χ0v) is 18.6. The monoisotopic (exact) mass is 439 g/mol. The van der Waals surface area contributed by atoms with E-state index in [1.807, 2.05) is 13.8 Å². The van der Waals surface area contributed by atoms with Gasteiger partial charge < -0.3 is 10.5 Å². The fraction of sp³-hybridized carbons (Fsp3) is 0.450. The Morgan fingerprint density at radius 2 is 1.13 bits per heavy atom. The Bertz CT molecular complexity index is 422. The van der Waals surface area contributed by atoms with Crippen LogP contribution in [0.4, 0.5) is 0 Å². The number of amides is 1. The predicted octanol–water partition coefficient (Wildman–Crippen LogP) is 5.94. The van der Waals surface area contributed by atoms with E-state index in [0.717, 1.165) is 25.7 Å². The Balaban J connectivity index is 0. The molecule has 23 heavy (non-hydrogen) atoms. The zero-order chi connectivity index (χ0) is 16.8. The number of nitrogens with one attached hydrogen (secondary N) is 1. The van der Waals surface area contributed by atoms with Crippen LogP contribution in [-0.2, 0) is 17.6 Å². The average Bonchev–Trinajstić information content (AvgIpc) is 3.22. The summed E-state index contributed by atoms with van der Waals surface area (Å²) in [4.78, 5) is 10.3. The van der Waals surface area contributed by atoms with Crippen LogP contribution in [0.1, 0.15) is 51.7 Å². The van der Waals surface area contributed by atoms with Crippen LogP contribution in [0.2, 0.25) is 0 Å². The summed E-state index contributed by atoms with van der Waals surface area (Å²) in [6.45, 7) is 8.19. The summed E-state index contributed by atoms with van der Waals surface area (Å²) < 4.78 is 0. The second-order valence-electron chi connectivity index (χ2n) is 5.17. The third kappa shape index (κ3) is 12.5. The van der Waals surface area contributed by atoms with Crippen molar-refractivity contribution in [2.75, 3.05) is 0 Å². The van der Waals surface area contributed by atoms with E-state index >= 15 is 0 Å². The third-order valence-corrected chi connectivity index (χ3v) is 3.64. The van der Waals surface area contributed by atoms with Gasteiger partial charge >= 0.3 is 35.6 Å². The van der Waals surface area contributed by atoms with Crippen LogP contribution in [0, 0.1) is 41.5 Å². The van der Waals surface area contributed by atoms with Crippen molar-refractivity contribution in [2.45, 2.75) is 53.4 Å². The smallest absolute Gasteiger partial charge is 0.668 e. The fourth-order valence-electron chi connectivity index (χ4n) is 1.96. The van der Waals surface area contributed by atoms with Gasteiger partial charge in [-0.3, -0.25) is 0 Å². The van der Waals surface area contributed by atoms with Gasteiger partial charge in [-0.25, -0.2) is 24.3 Å². The molecular formula is C20H30LaNO. The van der Waals surface area contributed by atoms with Gasteiger partial charge in [0.2, 0.25) is 0 Å². The fourth-order valence-corrected chi connectivity index (χ4v) is 1.96. The second-order valence-corrected chi connectivity index (χ2v) is 5.17. The molecule has 0 saturated carbocycles. The molecule has 3 heteroatoms. The molecule has 124 valence electrons. The van der Waals surface area contributed by atoms with Gasteiger partial charge in [0.25, 0.3) is 0 Å². The van der Waals surface area contributed by atoms with Gasteiger partial charge in [-0.15, -0.1) is 0 Å². The SMILES string of the molecule is CCC(CC)C([NH-])=O.CC[c-]1cccc1.CC[c-]1cccc1.[La+3]. The molecule has 0 radical (unpaired) electrons. The first-order valence-corrected chi connectivity index (χ1v) is 8.25. The van der Waals surface area contributed by atoms with Crippen LogP contribution in [0.5, 0.6) is 0 Å². The molecule has 0 aliphatic carbocycles. The number of hydrogen-bond acceptors (Lipinski definition) is 1. The van der Waals surface area contributed by atoms with Gasteiger partial charge in [-0.1, -0.05) is 40.5 Å². The average molecular weight is 439 g/mol. The van der Waals surface area contributed by atoms with E-state index in [4.69, 9.17) is 5.73 Å². The Hall–Kier alpha value is -0.635. The van der Waals surface area contributed by atoms with E-state index in [2.05, 4.69) is 62.4 Å². The largest absolute Gasteiger partial charge is 3.00 e. The number of carbonyl (C=O) groups excluding carboxylic acids is 1. The molecule has 1 N–H and O–H groups in total. The third-order valence-electron chi connectivity index (χ3n) is 3.64. The molecule has 0 atom stereocenters. The van der Waals surface area contributed by atoms with Crippen LogP contribution in [0.3, 0.4) is 0 Å². The van der Waals surface area contributed by atoms with E-state index in [-0.39, 0.29) is 41.5 Å². The van der Waals surface area contributed by atoms with Crippen molar-refractivity contribution in [3.8, 4) is 0 Å². The van der Waals surface area contributed by atoms with Gasteiger partial charge in [-0.2, -0.15) is 35.4 Å². The first kappa shape index (κ1) is 24.6. The molecular weight excluding hydrogens is 409 g/mol. The molecule has 2 rings (SSSR count). The molecule has 2 aromatic carbocycles. The molecule has 2 nitrogen and oxygen atoms in total. The van der Waals surface area contributed by atoms with Crippen LogP contribution < -0.4 is 0 Å². The van der Waals surface area contributed by atoms with Crippen molar-refractivity contribution in [1.82, 2.24) is 0 Å². The summed E-state index contributed by atoms with van der Waals surface area (Å²) >= 11 is 0. The van der Waals surface area contributed by atoms with Crippen molar-refractivity contribution >= 4 is 5.91 Å². The standard InChI is InChI=1S/2C7H9.C6H13NO.La/c2*1-2-7-5-3-4-6-7;1-3-5(4-2)6(7)8;/h2*3-6H,2H2,1H3;5H,3-4H2,1-2H3,(H2,7,8);/q2*-1;;+3/p-1. The topological polar surface area (TPSA) is 40.9 Å². The molecule has 1 amide bonds. The Labute approximate surface area is 170 Å². The van der Waals surface area contributed by atoms with Crippen LogP contribution in [0.15, 0.2) is 48.5 Å². The molecule has 0 unspecified atom stereocenters. The summed E-state index contributed by atoms with van der Waals surface area (Å²) in [6.07, 6.45) is 3.93. The summed E-state index contributed by atoms with van der Waals surface area (Å²) in [5.74, 6) is -0.440. The normalized spacial score (nSPS) is 9.09. The zero-order valence-electron chi connectivity index (χ0n) is 15.0. The number of rotatable bonds is 5. The molecule has 0 aromatic heterocycles. The molecule has 0 aliphatic heterocycles. The van der Waals surface area contributed by atoms with Crippen LogP contribution in [-0.4, -0.2) is 5.91 Å². The first-order valence-electron chi connectivity index (χ1n) is 8.25. The van der Waals surface area contributed by atoms with Crippen molar-refractivity contribution in [2.24, 2.45) is 5.92 Å². The quantitative estimate of drug-likeness (QED) is 0.532. The first-order chi connectivity index (χ1) is 10.6. The van der Waals surface area contributed by atoms with E-state index in [1.165, 1.54) is 11.1 Å². The Morgan fingerprint density at radius 3 is 1.22 bits per heavy atom. The Kier molecular flexibility index (Phi) is 17.4. The van der Waals surface area contributed by atoms with Gasteiger partial charge in [0.05, 0.1) is 5.91 Å². The van der Waals surface area contributed by atoms with Gasteiger partial charge in [-0.05, 0) is 18.8 Å². The molecule has 0 spiro atoms. The molecule has 2 aromatic rings. The van der Waals surface area contributed by atoms with Crippen LogP contribution >= 0.6 is 0 Å². The van der Waals surface area contributed by atoms with Gasteiger partial charge in [0.1, 0.15) is 0 Å². The predicted molar refractivity (Wildman–Crippen MR) is 96.2 cm³/mol. The summed E-state index contributed by atoms with van der Waals surface area (Å²) in [6, 6.07) is 16.8. The maximum Gasteiger partial charge on any atom is 3.00 e. The molecule has 0 aliphatic rings. The maximum atomic E-state index is 10.3. The second kappa shape index (κ2) is 16.2. The number of carbonyl (C=O) groups is 1. The Morgan fingerprint density at radius 1 is 0.826 bits per heavy atom. The van der Waals surface area contributed by atoms with Crippen molar-refractivity contribution in [1.29, 1.82) is 0 Å². The molecule has 0 fully saturated rings. The molecule has 0 heterocycles. The summed E-state index contributed by atoms with van der Waals surface area (Å²) in [5, 5.41) is 0. The van der Waals surface area contributed by atoms with E-state index in [9.17, 15) is 4.79 Å². The van der Waals surface area contributed by atoms with E-state index in [0.29, 0.717) is 0 Å². The minimum Gasteiger partial charge on any atom is -0.668 e. The van der Waals surface area contributed by atoms with E-state index < -0.39 is 5.91 Å². The number of aryl methyl sites for hydroxylation is 2. The van der Waals surface area contributed by atoms with Crippen molar-refractivity contribution in [3.63, 3.8) is 0 Å². The van der Waals surface area contributed by atoms with Gasteiger partial charge in [0.15, 0.2) is 0 Å². The maximum absolute atomic E-state index is 10.3. The van der Waals surface area contributed by atoms with Crippen LogP contribution in [0.25, 0.3) is 5.73 Å². The van der Waals surface area contributed by atoms with Gasteiger partial charge in [0, 0.05) is 0 Å². The van der Waals surface area contributed by atoms with Crippen molar-refractivity contribution < 1.29 is 40.4 Å². The number of hydrogen-bond donors (Lipinski definition) is 0. The minimum absolute atomic E-state index is 0.